The summed E-state index contributed by atoms with van der Waals surface area (Å²) in [5.74, 6) is 1.42. The van der Waals surface area contributed by atoms with E-state index in [1.807, 2.05) is 24.3 Å². The van der Waals surface area contributed by atoms with Gasteiger partial charge in [-0.05, 0) is 52.9 Å². The zero-order chi connectivity index (χ0) is 17.6. The van der Waals surface area contributed by atoms with Crippen molar-refractivity contribution in [3.05, 3.63) is 58.3 Å². The van der Waals surface area contributed by atoms with E-state index in [2.05, 4.69) is 26.1 Å². The van der Waals surface area contributed by atoms with E-state index in [9.17, 15) is 0 Å². The molecule has 0 fully saturated rings. The molecule has 1 N–H and O–H groups in total. The van der Waals surface area contributed by atoms with E-state index in [0.717, 1.165) is 11.4 Å². The number of hydrazone groups is 1. The number of methoxy groups -OCH3 is 1. The van der Waals surface area contributed by atoms with E-state index in [1.54, 1.807) is 36.2 Å². The largest absolute Gasteiger partial charge is 0.497 e. The minimum atomic E-state index is 0.442. The van der Waals surface area contributed by atoms with Gasteiger partial charge < -0.3 is 4.74 Å². The molecule has 0 radical (unpaired) electrons. The lowest BCUT2D eigenvalue weighted by molar-refractivity contribution is 0.414. The van der Waals surface area contributed by atoms with Gasteiger partial charge in [-0.1, -0.05) is 23.2 Å². The lowest BCUT2D eigenvalue weighted by Gasteiger charge is -2.05. The number of nitrogens with zero attached hydrogens (tertiary/aromatic N) is 5. The summed E-state index contributed by atoms with van der Waals surface area (Å²) in [6.45, 7) is 0. The molecule has 0 aliphatic carbocycles. The number of ether oxygens (including phenoxy) is 1. The van der Waals surface area contributed by atoms with E-state index in [-0.39, 0.29) is 0 Å². The first kappa shape index (κ1) is 17.2. The van der Waals surface area contributed by atoms with E-state index in [1.165, 1.54) is 0 Å². The third-order valence-corrected chi connectivity index (χ3v) is 3.88. The fourth-order valence-corrected chi connectivity index (χ4v) is 2.53. The molecule has 9 heteroatoms. The minimum absolute atomic E-state index is 0.442. The Labute approximate surface area is 154 Å². The number of anilines is 1. The first-order chi connectivity index (χ1) is 12.2. The predicted molar refractivity (Wildman–Crippen MR) is 98.0 cm³/mol. The van der Waals surface area contributed by atoms with Crippen molar-refractivity contribution in [2.45, 2.75) is 6.42 Å². The summed E-state index contributed by atoms with van der Waals surface area (Å²) >= 11 is 11.9. The van der Waals surface area contributed by atoms with Gasteiger partial charge in [0.05, 0.1) is 23.5 Å². The number of hydrogen-bond acceptors (Lipinski definition) is 6. The number of aromatic nitrogens is 4. The SMILES string of the molecule is COc1ccc(-n2nnnc2CC=NNc2ccc(Cl)cc2Cl)cc1. The molecule has 3 rings (SSSR count). The molecule has 3 aromatic rings. The summed E-state index contributed by atoms with van der Waals surface area (Å²) in [4.78, 5) is 0. The number of hydrogen-bond donors (Lipinski definition) is 1. The highest BCUT2D eigenvalue weighted by Crippen LogP contribution is 2.25. The molecule has 0 aliphatic heterocycles. The summed E-state index contributed by atoms with van der Waals surface area (Å²) < 4.78 is 6.79. The minimum Gasteiger partial charge on any atom is -0.497 e. The van der Waals surface area contributed by atoms with E-state index in [4.69, 9.17) is 27.9 Å². The number of halogens is 2. The molecule has 25 heavy (non-hydrogen) atoms. The molecule has 7 nitrogen and oxygen atoms in total. The Morgan fingerprint density at radius 1 is 1.20 bits per heavy atom. The first-order valence-corrected chi connectivity index (χ1v) is 8.07. The van der Waals surface area contributed by atoms with Gasteiger partial charge in [-0.2, -0.15) is 9.78 Å². The highest BCUT2D eigenvalue weighted by molar-refractivity contribution is 6.36. The second kappa shape index (κ2) is 7.96. The molecule has 0 amide bonds. The van der Waals surface area contributed by atoms with Gasteiger partial charge in [0.2, 0.25) is 0 Å². The average Bonchev–Trinajstić information content (AvgIpc) is 3.09. The first-order valence-electron chi connectivity index (χ1n) is 7.31. The molecule has 1 heterocycles. The smallest absolute Gasteiger partial charge is 0.162 e. The predicted octanol–water partition coefficient (Wildman–Crippen LogP) is 3.62. The fraction of sp³-hybridized carbons (Fsp3) is 0.125. The normalized spacial score (nSPS) is 11.0. The van der Waals surface area contributed by atoms with Crippen LogP contribution >= 0.6 is 23.2 Å². The highest BCUT2D eigenvalue weighted by Gasteiger charge is 2.07. The lowest BCUT2D eigenvalue weighted by atomic mass is 10.3. The molecule has 128 valence electrons. The van der Waals surface area contributed by atoms with Crippen LogP contribution in [0.25, 0.3) is 5.69 Å². The quantitative estimate of drug-likeness (QED) is 0.525. The fourth-order valence-electron chi connectivity index (χ4n) is 2.08. The van der Waals surface area contributed by atoms with Gasteiger partial charge in [0, 0.05) is 17.7 Å². The maximum Gasteiger partial charge on any atom is 0.162 e. The maximum absolute atomic E-state index is 6.07. The Morgan fingerprint density at radius 2 is 2.00 bits per heavy atom. The van der Waals surface area contributed by atoms with E-state index in [0.29, 0.717) is 28.0 Å². The molecule has 1 aromatic heterocycles. The van der Waals surface area contributed by atoms with E-state index < -0.39 is 0 Å². The average molecular weight is 377 g/mol. The van der Waals surface area contributed by atoms with Crippen molar-refractivity contribution in [1.82, 2.24) is 20.2 Å². The molecule has 2 aromatic carbocycles. The second-order valence-electron chi connectivity index (χ2n) is 4.96. The van der Waals surface area contributed by atoms with Crippen LogP contribution in [0.2, 0.25) is 10.0 Å². The Hall–Kier alpha value is -2.64. The van der Waals surface area contributed by atoms with Crippen molar-refractivity contribution in [1.29, 1.82) is 0 Å². The number of rotatable bonds is 6. The van der Waals surface area contributed by atoms with Crippen LogP contribution in [0.3, 0.4) is 0 Å². The van der Waals surface area contributed by atoms with Crippen molar-refractivity contribution in [3.63, 3.8) is 0 Å². The summed E-state index contributed by atoms with van der Waals surface area (Å²) in [7, 11) is 1.62. The summed E-state index contributed by atoms with van der Waals surface area (Å²) in [5.41, 5.74) is 4.36. The van der Waals surface area contributed by atoms with Crippen molar-refractivity contribution < 1.29 is 4.74 Å². The third kappa shape index (κ3) is 4.26. The number of benzene rings is 2. The Balaban J connectivity index is 1.66. The standard InChI is InChI=1S/C16H14Cl2N6O/c1-25-13-5-3-12(4-6-13)24-16(21-22-23-24)8-9-19-20-15-7-2-11(17)10-14(15)18/h2-7,9-10,20H,8H2,1H3. The zero-order valence-electron chi connectivity index (χ0n) is 13.2. The van der Waals surface area contributed by atoms with Crippen LogP contribution in [-0.4, -0.2) is 33.5 Å². The van der Waals surface area contributed by atoms with Crippen LogP contribution in [0.1, 0.15) is 5.82 Å². The molecule has 0 saturated heterocycles. The molecule has 0 spiro atoms. The van der Waals surface area contributed by atoms with Gasteiger partial charge in [-0.3, -0.25) is 5.43 Å². The summed E-state index contributed by atoms with van der Waals surface area (Å²) in [6.07, 6.45) is 2.11. The van der Waals surface area contributed by atoms with Gasteiger partial charge in [-0.15, -0.1) is 5.10 Å². The van der Waals surface area contributed by atoms with Crippen molar-refractivity contribution >= 4 is 35.1 Å². The van der Waals surface area contributed by atoms with Gasteiger partial charge in [0.15, 0.2) is 5.82 Å². The summed E-state index contributed by atoms with van der Waals surface area (Å²) in [6, 6.07) is 12.6. The Morgan fingerprint density at radius 3 is 2.72 bits per heavy atom. The van der Waals surface area contributed by atoms with Crippen molar-refractivity contribution in [3.8, 4) is 11.4 Å². The van der Waals surface area contributed by atoms with Crippen molar-refractivity contribution in [2.24, 2.45) is 5.10 Å². The van der Waals surface area contributed by atoms with Gasteiger partial charge in [-0.25, -0.2) is 0 Å². The maximum atomic E-state index is 6.07. The summed E-state index contributed by atoms with van der Waals surface area (Å²) in [5, 5.41) is 16.9. The zero-order valence-corrected chi connectivity index (χ0v) is 14.7. The number of tetrazole rings is 1. The molecule has 0 aliphatic rings. The van der Waals surface area contributed by atoms with Gasteiger partial charge >= 0.3 is 0 Å². The van der Waals surface area contributed by atoms with Gasteiger partial charge in [0.25, 0.3) is 0 Å². The van der Waals surface area contributed by atoms with E-state index >= 15 is 0 Å². The van der Waals surface area contributed by atoms with Crippen LogP contribution in [0.5, 0.6) is 5.75 Å². The highest BCUT2D eigenvalue weighted by atomic mass is 35.5. The van der Waals surface area contributed by atoms with Crippen LogP contribution < -0.4 is 10.2 Å². The topological polar surface area (TPSA) is 77.2 Å². The monoisotopic (exact) mass is 376 g/mol. The van der Waals surface area contributed by atoms with Crippen molar-refractivity contribution in [2.75, 3.05) is 12.5 Å². The second-order valence-corrected chi connectivity index (χ2v) is 5.80. The number of nitrogens with one attached hydrogen (secondary N) is 1. The van der Waals surface area contributed by atoms with Crippen LogP contribution in [0, 0.1) is 0 Å². The Kier molecular flexibility index (Phi) is 5.47. The molecule has 0 unspecified atom stereocenters. The molecule has 0 saturated carbocycles. The Bertz CT molecular complexity index is 879. The molecular formula is C16H14Cl2N6O. The molecular weight excluding hydrogens is 363 g/mol. The third-order valence-electron chi connectivity index (χ3n) is 3.33. The van der Waals surface area contributed by atoms with Crippen LogP contribution in [0.4, 0.5) is 5.69 Å². The molecule has 0 bridgehead atoms. The molecule has 0 atom stereocenters. The lowest BCUT2D eigenvalue weighted by Crippen LogP contribution is -2.04. The van der Waals surface area contributed by atoms with Crippen LogP contribution in [0.15, 0.2) is 47.6 Å². The van der Waals surface area contributed by atoms with Gasteiger partial charge in [0.1, 0.15) is 5.75 Å². The van der Waals surface area contributed by atoms with Crippen LogP contribution in [-0.2, 0) is 6.42 Å².